The first-order valence-electron chi connectivity index (χ1n) is 10.5. The Morgan fingerprint density at radius 3 is 2.60 bits per heavy atom. The highest BCUT2D eigenvalue weighted by Crippen LogP contribution is 2.38. The van der Waals surface area contributed by atoms with Crippen molar-refractivity contribution in [1.82, 2.24) is 4.90 Å². The minimum absolute atomic E-state index is 0.137. The van der Waals surface area contributed by atoms with Gasteiger partial charge in [-0.2, -0.15) is 0 Å². The molecule has 1 atom stereocenters. The molecule has 0 bridgehead atoms. The largest absolute Gasteiger partial charge is 0.494 e. The Labute approximate surface area is 176 Å². The van der Waals surface area contributed by atoms with Gasteiger partial charge in [-0.15, -0.1) is 0 Å². The average molecular weight is 405 g/mol. The van der Waals surface area contributed by atoms with Gasteiger partial charge in [-0.25, -0.2) is 0 Å². The number of carbonyl (C=O) groups is 1. The third kappa shape index (κ3) is 3.38. The lowest BCUT2D eigenvalue weighted by Gasteiger charge is -2.21. The molecule has 3 aromatic rings. The molecule has 156 valence electrons. The highest BCUT2D eigenvalue weighted by molar-refractivity contribution is 5.99. The minimum Gasteiger partial charge on any atom is -0.494 e. The van der Waals surface area contributed by atoms with Crippen molar-refractivity contribution in [2.75, 3.05) is 13.7 Å². The fourth-order valence-corrected chi connectivity index (χ4v) is 4.05. The number of benzene rings is 2. The molecule has 1 unspecified atom stereocenters. The number of nitrogens with zero attached hydrogens (tertiary/aromatic N) is 1. The van der Waals surface area contributed by atoms with Gasteiger partial charge in [-0.3, -0.25) is 9.59 Å². The molecule has 5 nitrogen and oxygen atoms in total. The van der Waals surface area contributed by atoms with Gasteiger partial charge >= 0.3 is 0 Å². The van der Waals surface area contributed by atoms with E-state index in [4.69, 9.17) is 9.15 Å². The summed E-state index contributed by atoms with van der Waals surface area (Å²) in [4.78, 5) is 27.9. The summed E-state index contributed by atoms with van der Waals surface area (Å²) in [5.74, 6) is 0.605. The van der Waals surface area contributed by atoms with E-state index in [1.165, 1.54) is 0 Å². The quantitative estimate of drug-likeness (QED) is 0.532. The SMILES string of the molecule is CCCCCOc1cccc(C2c3c(oc4cc(C)c(C)cc4c3=O)C(=O)N2C)c1. The van der Waals surface area contributed by atoms with Crippen molar-refractivity contribution in [3.8, 4) is 5.75 Å². The highest BCUT2D eigenvalue weighted by Gasteiger charge is 2.40. The van der Waals surface area contributed by atoms with E-state index < -0.39 is 6.04 Å². The normalized spacial score (nSPS) is 15.7. The van der Waals surface area contributed by atoms with E-state index in [9.17, 15) is 9.59 Å². The van der Waals surface area contributed by atoms with Crippen molar-refractivity contribution >= 4 is 16.9 Å². The second-order valence-electron chi connectivity index (χ2n) is 8.05. The third-order valence-corrected chi connectivity index (χ3v) is 5.91. The van der Waals surface area contributed by atoms with Crippen LogP contribution in [0.5, 0.6) is 5.75 Å². The fourth-order valence-electron chi connectivity index (χ4n) is 4.05. The lowest BCUT2D eigenvalue weighted by molar-refractivity contribution is 0.0771. The number of hydrogen-bond donors (Lipinski definition) is 0. The summed E-state index contributed by atoms with van der Waals surface area (Å²) in [6, 6.07) is 10.8. The van der Waals surface area contributed by atoms with Gasteiger partial charge in [-0.1, -0.05) is 31.9 Å². The number of fused-ring (bicyclic) bond motifs is 2. The van der Waals surface area contributed by atoms with Gasteiger partial charge in [0, 0.05) is 7.05 Å². The van der Waals surface area contributed by atoms with Gasteiger partial charge < -0.3 is 14.1 Å². The van der Waals surface area contributed by atoms with E-state index in [1.54, 1.807) is 11.9 Å². The zero-order chi connectivity index (χ0) is 21.4. The molecule has 1 amide bonds. The van der Waals surface area contributed by atoms with Crippen molar-refractivity contribution in [3.63, 3.8) is 0 Å². The zero-order valence-electron chi connectivity index (χ0n) is 18.0. The molecule has 0 saturated carbocycles. The van der Waals surface area contributed by atoms with Gasteiger partial charge in [0.25, 0.3) is 5.91 Å². The van der Waals surface area contributed by atoms with Crippen LogP contribution in [0.2, 0.25) is 0 Å². The van der Waals surface area contributed by atoms with Crippen LogP contribution in [0.3, 0.4) is 0 Å². The second-order valence-corrected chi connectivity index (χ2v) is 8.05. The molecule has 1 aliphatic rings. The molecule has 30 heavy (non-hydrogen) atoms. The zero-order valence-corrected chi connectivity index (χ0v) is 18.0. The highest BCUT2D eigenvalue weighted by atomic mass is 16.5. The average Bonchev–Trinajstić information content (AvgIpc) is 2.98. The van der Waals surface area contributed by atoms with Crippen molar-refractivity contribution in [2.45, 2.75) is 46.1 Å². The number of amides is 1. The summed E-state index contributed by atoms with van der Waals surface area (Å²) in [5, 5.41) is 0.511. The number of carbonyl (C=O) groups excluding carboxylic acids is 1. The Morgan fingerprint density at radius 1 is 1.07 bits per heavy atom. The Morgan fingerprint density at radius 2 is 1.83 bits per heavy atom. The van der Waals surface area contributed by atoms with Crippen LogP contribution in [0, 0.1) is 13.8 Å². The molecular formula is C25H27NO4. The van der Waals surface area contributed by atoms with E-state index >= 15 is 0 Å². The Kier molecular flexibility index (Phi) is 5.37. The first-order chi connectivity index (χ1) is 14.4. The Hall–Kier alpha value is -3.08. The second kappa shape index (κ2) is 7.98. The van der Waals surface area contributed by atoms with Crippen LogP contribution in [-0.2, 0) is 0 Å². The van der Waals surface area contributed by atoms with E-state index in [0.717, 1.165) is 41.7 Å². The van der Waals surface area contributed by atoms with Crippen LogP contribution in [0.25, 0.3) is 11.0 Å². The molecule has 1 aromatic heterocycles. The fraction of sp³-hybridized carbons (Fsp3) is 0.360. The van der Waals surface area contributed by atoms with Gasteiger partial charge in [0.1, 0.15) is 11.3 Å². The first-order valence-corrected chi connectivity index (χ1v) is 10.5. The molecule has 0 aliphatic carbocycles. The van der Waals surface area contributed by atoms with Crippen molar-refractivity contribution < 1.29 is 13.9 Å². The van der Waals surface area contributed by atoms with Crippen molar-refractivity contribution in [1.29, 1.82) is 0 Å². The molecule has 0 radical (unpaired) electrons. The number of rotatable bonds is 6. The molecule has 1 aliphatic heterocycles. The molecule has 0 saturated heterocycles. The van der Waals surface area contributed by atoms with Crippen LogP contribution in [0.15, 0.2) is 45.6 Å². The predicted molar refractivity (Wildman–Crippen MR) is 117 cm³/mol. The number of ether oxygens (including phenoxy) is 1. The Bertz CT molecular complexity index is 1180. The third-order valence-electron chi connectivity index (χ3n) is 5.91. The number of hydrogen-bond acceptors (Lipinski definition) is 4. The topological polar surface area (TPSA) is 59.8 Å². The molecule has 0 fully saturated rings. The lowest BCUT2D eigenvalue weighted by atomic mass is 9.97. The summed E-state index contributed by atoms with van der Waals surface area (Å²) < 4.78 is 11.8. The summed E-state index contributed by atoms with van der Waals surface area (Å²) in [7, 11) is 1.71. The molecule has 2 aromatic carbocycles. The van der Waals surface area contributed by atoms with Crippen LogP contribution in [-0.4, -0.2) is 24.5 Å². The van der Waals surface area contributed by atoms with Crippen molar-refractivity contribution in [2.24, 2.45) is 0 Å². The molecule has 2 heterocycles. The number of unbranched alkanes of at least 4 members (excludes halogenated alkanes) is 2. The smallest absolute Gasteiger partial charge is 0.290 e. The molecular weight excluding hydrogens is 378 g/mol. The van der Waals surface area contributed by atoms with E-state index in [-0.39, 0.29) is 17.1 Å². The molecule has 4 rings (SSSR count). The molecule has 5 heteroatoms. The number of aryl methyl sites for hydroxylation is 2. The van der Waals surface area contributed by atoms with Crippen LogP contribution < -0.4 is 10.2 Å². The van der Waals surface area contributed by atoms with Gasteiger partial charge in [0.2, 0.25) is 5.76 Å². The van der Waals surface area contributed by atoms with Crippen LogP contribution >= 0.6 is 0 Å². The molecule has 0 spiro atoms. The maximum Gasteiger partial charge on any atom is 0.290 e. The van der Waals surface area contributed by atoms with Gasteiger partial charge in [0.05, 0.1) is 23.6 Å². The minimum atomic E-state index is -0.492. The summed E-state index contributed by atoms with van der Waals surface area (Å²) in [6.07, 6.45) is 3.26. The Balaban J connectivity index is 1.79. The predicted octanol–water partition coefficient (Wildman–Crippen LogP) is 5.15. The summed E-state index contributed by atoms with van der Waals surface area (Å²) in [6.45, 7) is 6.74. The van der Waals surface area contributed by atoms with Gasteiger partial charge in [0.15, 0.2) is 5.43 Å². The van der Waals surface area contributed by atoms with Crippen LogP contribution in [0.1, 0.15) is 65.0 Å². The maximum absolute atomic E-state index is 13.4. The van der Waals surface area contributed by atoms with Crippen molar-refractivity contribution in [3.05, 3.63) is 74.6 Å². The first kappa shape index (κ1) is 20.2. The van der Waals surface area contributed by atoms with E-state index in [2.05, 4.69) is 6.92 Å². The lowest BCUT2D eigenvalue weighted by Crippen LogP contribution is -2.25. The summed E-state index contributed by atoms with van der Waals surface area (Å²) in [5.41, 5.74) is 3.60. The standard InChI is InChI=1S/C25H27NO4/c1-5-6-7-11-29-18-10-8-9-17(14-18)22-21-23(27)19-12-15(2)16(3)13-20(19)30-24(21)25(28)26(22)4/h8-10,12-14,22H,5-7,11H2,1-4H3. The van der Waals surface area contributed by atoms with E-state index in [1.807, 2.05) is 50.2 Å². The van der Waals surface area contributed by atoms with Crippen LogP contribution in [0.4, 0.5) is 0 Å². The van der Waals surface area contributed by atoms with Gasteiger partial charge in [-0.05, 0) is 61.2 Å². The monoisotopic (exact) mass is 405 g/mol. The van der Waals surface area contributed by atoms with E-state index in [0.29, 0.717) is 23.1 Å². The summed E-state index contributed by atoms with van der Waals surface area (Å²) >= 11 is 0. The molecule has 0 N–H and O–H groups in total. The maximum atomic E-state index is 13.4.